The van der Waals surface area contributed by atoms with Crippen molar-refractivity contribution >= 4 is 35.8 Å². The molecule has 0 saturated heterocycles. The average molecular weight is 474 g/mol. The molecular formula is C20H35IN4O. The van der Waals surface area contributed by atoms with E-state index in [2.05, 4.69) is 41.7 Å². The van der Waals surface area contributed by atoms with Crippen molar-refractivity contribution in [3.63, 3.8) is 0 Å². The monoisotopic (exact) mass is 474 g/mol. The van der Waals surface area contributed by atoms with Crippen LogP contribution in [0.3, 0.4) is 0 Å². The minimum Gasteiger partial charge on any atom is -0.354 e. The maximum Gasteiger partial charge on any atom is 0.251 e. The Morgan fingerprint density at radius 2 is 1.88 bits per heavy atom. The molecule has 3 N–H and O–H groups in total. The average Bonchev–Trinajstić information content (AvgIpc) is 2.58. The summed E-state index contributed by atoms with van der Waals surface area (Å²) in [7, 11) is 1.78. The number of carbonyl (C=O) groups is 1. The summed E-state index contributed by atoms with van der Waals surface area (Å²) in [6, 6.07) is 8.04. The number of halogens is 1. The lowest BCUT2D eigenvalue weighted by atomic mass is 10.0. The Hall–Kier alpha value is -1.31. The summed E-state index contributed by atoms with van der Waals surface area (Å²) in [4.78, 5) is 16.2. The van der Waals surface area contributed by atoms with Crippen LogP contribution in [0, 0.1) is 5.92 Å². The highest BCUT2D eigenvalue weighted by molar-refractivity contribution is 14.0. The fourth-order valence-corrected chi connectivity index (χ4v) is 2.60. The second kappa shape index (κ2) is 13.8. The highest BCUT2D eigenvalue weighted by Gasteiger charge is 2.07. The van der Waals surface area contributed by atoms with Crippen LogP contribution in [0.4, 0.5) is 0 Å². The molecule has 6 heteroatoms. The minimum absolute atomic E-state index is 0. The third kappa shape index (κ3) is 9.99. The number of carbonyl (C=O) groups excluding carboxylic acids is 1. The van der Waals surface area contributed by atoms with Crippen molar-refractivity contribution in [3.8, 4) is 0 Å². The lowest BCUT2D eigenvalue weighted by Gasteiger charge is -2.18. The maximum atomic E-state index is 11.9. The van der Waals surface area contributed by atoms with E-state index in [4.69, 9.17) is 0 Å². The number of guanidine groups is 1. The molecule has 0 radical (unpaired) electrons. The molecule has 26 heavy (non-hydrogen) atoms. The zero-order chi connectivity index (χ0) is 18.7. The number of aliphatic imine (C=N–C) groups is 1. The molecule has 0 saturated carbocycles. The first-order valence-corrected chi connectivity index (χ1v) is 9.30. The molecule has 1 unspecified atom stereocenters. The van der Waals surface area contributed by atoms with Crippen LogP contribution in [0.15, 0.2) is 29.3 Å². The SMILES string of the molecule is CCNC(=O)c1cccc(CNC(=NC)NC(C)CCCC(C)C)c1.I. The van der Waals surface area contributed by atoms with Crippen molar-refractivity contribution in [3.05, 3.63) is 35.4 Å². The Morgan fingerprint density at radius 1 is 1.15 bits per heavy atom. The van der Waals surface area contributed by atoms with Crippen LogP contribution in [-0.4, -0.2) is 31.5 Å². The highest BCUT2D eigenvalue weighted by atomic mass is 127. The molecule has 1 aromatic carbocycles. The molecule has 1 amide bonds. The van der Waals surface area contributed by atoms with Crippen LogP contribution < -0.4 is 16.0 Å². The topological polar surface area (TPSA) is 65.5 Å². The first-order chi connectivity index (χ1) is 12.0. The summed E-state index contributed by atoms with van der Waals surface area (Å²) in [6.45, 7) is 9.88. The van der Waals surface area contributed by atoms with Crippen molar-refractivity contribution < 1.29 is 4.79 Å². The van der Waals surface area contributed by atoms with E-state index >= 15 is 0 Å². The molecule has 148 valence electrons. The van der Waals surface area contributed by atoms with E-state index in [1.54, 1.807) is 7.05 Å². The summed E-state index contributed by atoms with van der Waals surface area (Å²) in [5.74, 6) is 1.51. The van der Waals surface area contributed by atoms with Gasteiger partial charge in [-0.05, 0) is 43.9 Å². The van der Waals surface area contributed by atoms with Gasteiger partial charge in [-0.15, -0.1) is 24.0 Å². The minimum atomic E-state index is -0.0365. The van der Waals surface area contributed by atoms with Gasteiger partial charge in [-0.2, -0.15) is 0 Å². The van der Waals surface area contributed by atoms with Gasteiger partial charge < -0.3 is 16.0 Å². The number of nitrogens with one attached hydrogen (secondary N) is 3. The van der Waals surface area contributed by atoms with Gasteiger partial charge in [0.25, 0.3) is 5.91 Å². The summed E-state index contributed by atoms with van der Waals surface area (Å²) >= 11 is 0. The number of rotatable bonds is 9. The zero-order valence-corrected chi connectivity index (χ0v) is 19.1. The lowest BCUT2D eigenvalue weighted by Crippen LogP contribution is -2.41. The smallest absolute Gasteiger partial charge is 0.251 e. The van der Waals surface area contributed by atoms with E-state index in [-0.39, 0.29) is 29.9 Å². The lowest BCUT2D eigenvalue weighted by molar-refractivity contribution is 0.0955. The number of hydrogen-bond acceptors (Lipinski definition) is 2. The molecule has 0 aliphatic rings. The van der Waals surface area contributed by atoms with Gasteiger partial charge in [0.2, 0.25) is 0 Å². The summed E-state index contributed by atoms with van der Waals surface area (Å²) < 4.78 is 0. The molecule has 1 atom stereocenters. The predicted molar refractivity (Wildman–Crippen MR) is 121 cm³/mol. The van der Waals surface area contributed by atoms with Crippen molar-refractivity contribution in [2.24, 2.45) is 10.9 Å². The Bertz CT molecular complexity index is 560. The number of hydrogen-bond donors (Lipinski definition) is 3. The predicted octanol–water partition coefficient (Wildman–Crippen LogP) is 3.93. The standard InChI is InChI=1S/C20H34N4O.HI/c1-6-22-19(25)18-12-8-11-17(13-18)14-23-20(21-5)24-16(4)10-7-9-15(2)3;/h8,11-13,15-16H,6-7,9-10,14H2,1-5H3,(H,22,25)(H2,21,23,24);1H. The number of benzene rings is 1. The van der Waals surface area contributed by atoms with E-state index in [0.29, 0.717) is 24.7 Å². The van der Waals surface area contributed by atoms with Crippen molar-refractivity contribution in [2.45, 2.75) is 59.5 Å². The van der Waals surface area contributed by atoms with Gasteiger partial charge in [0.05, 0.1) is 0 Å². The first kappa shape index (κ1) is 24.7. The van der Waals surface area contributed by atoms with Crippen LogP contribution in [0.5, 0.6) is 0 Å². The fourth-order valence-electron chi connectivity index (χ4n) is 2.60. The molecule has 5 nitrogen and oxygen atoms in total. The maximum absolute atomic E-state index is 11.9. The molecule has 0 heterocycles. The van der Waals surface area contributed by atoms with Gasteiger partial charge in [0.1, 0.15) is 0 Å². The molecule has 0 aliphatic heterocycles. The largest absolute Gasteiger partial charge is 0.354 e. The first-order valence-electron chi connectivity index (χ1n) is 9.30. The quantitative estimate of drug-likeness (QED) is 0.289. The third-order valence-corrected chi connectivity index (χ3v) is 4.01. The number of nitrogens with zero attached hydrogens (tertiary/aromatic N) is 1. The van der Waals surface area contributed by atoms with Gasteiger partial charge >= 0.3 is 0 Å². The van der Waals surface area contributed by atoms with Gasteiger partial charge in [0, 0.05) is 31.7 Å². The fraction of sp³-hybridized carbons (Fsp3) is 0.600. The Morgan fingerprint density at radius 3 is 2.50 bits per heavy atom. The summed E-state index contributed by atoms with van der Waals surface area (Å²) in [6.07, 6.45) is 3.60. The Balaban J connectivity index is 0.00000625. The molecule has 0 spiro atoms. The van der Waals surface area contributed by atoms with E-state index in [1.807, 2.05) is 31.2 Å². The molecule has 0 aromatic heterocycles. The van der Waals surface area contributed by atoms with Crippen molar-refractivity contribution in [1.82, 2.24) is 16.0 Å². The molecule has 0 bridgehead atoms. The van der Waals surface area contributed by atoms with Crippen molar-refractivity contribution in [1.29, 1.82) is 0 Å². The summed E-state index contributed by atoms with van der Waals surface area (Å²) in [5.41, 5.74) is 1.74. The van der Waals surface area contributed by atoms with Gasteiger partial charge in [0.15, 0.2) is 5.96 Å². The van der Waals surface area contributed by atoms with Gasteiger partial charge in [-0.25, -0.2) is 0 Å². The van der Waals surface area contributed by atoms with Crippen molar-refractivity contribution in [2.75, 3.05) is 13.6 Å². The van der Waals surface area contributed by atoms with Crippen LogP contribution in [0.25, 0.3) is 0 Å². The second-order valence-corrected chi connectivity index (χ2v) is 6.86. The van der Waals surface area contributed by atoms with Gasteiger partial charge in [-0.3, -0.25) is 9.79 Å². The third-order valence-electron chi connectivity index (χ3n) is 4.01. The van der Waals surface area contributed by atoms with E-state index in [0.717, 1.165) is 23.9 Å². The van der Waals surface area contributed by atoms with E-state index < -0.39 is 0 Å². The van der Waals surface area contributed by atoms with Crippen LogP contribution in [-0.2, 0) is 6.54 Å². The molecule has 1 rings (SSSR count). The summed E-state index contributed by atoms with van der Waals surface area (Å²) in [5, 5.41) is 9.57. The van der Waals surface area contributed by atoms with Crippen LogP contribution in [0.1, 0.15) is 62.9 Å². The van der Waals surface area contributed by atoms with Crippen LogP contribution >= 0.6 is 24.0 Å². The Labute approximate surface area is 175 Å². The molecule has 0 fully saturated rings. The zero-order valence-electron chi connectivity index (χ0n) is 16.8. The molecule has 0 aliphatic carbocycles. The Kier molecular flexibility index (Phi) is 13.1. The number of amides is 1. The van der Waals surface area contributed by atoms with E-state index in [1.165, 1.54) is 12.8 Å². The van der Waals surface area contributed by atoms with Gasteiger partial charge in [-0.1, -0.05) is 38.8 Å². The molecule has 1 aromatic rings. The second-order valence-electron chi connectivity index (χ2n) is 6.86. The normalized spacial score (nSPS) is 12.3. The van der Waals surface area contributed by atoms with Crippen LogP contribution in [0.2, 0.25) is 0 Å². The van der Waals surface area contributed by atoms with E-state index in [9.17, 15) is 4.79 Å². The highest BCUT2D eigenvalue weighted by Crippen LogP contribution is 2.08. The molecular weight excluding hydrogens is 439 g/mol.